The molecule has 0 saturated carbocycles. The molecule has 0 aliphatic carbocycles. The van der Waals surface area contributed by atoms with Crippen LogP contribution in [-0.4, -0.2) is 15.0 Å². The van der Waals surface area contributed by atoms with E-state index >= 15 is 0 Å². The van der Waals surface area contributed by atoms with Crippen LogP contribution in [0.4, 0.5) is 17.3 Å². The van der Waals surface area contributed by atoms with E-state index in [4.69, 9.17) is 5.73 Å². The first-order chi connectivity index (χ1) is 8.74. The highest BCUT2D eigenvalue weighted by Gasteiger charge is 2.07. The first-order valence-electron chi connectivity index (χ1n) is 5.67. The molecule has 2 aromatic heterocycles. The number of hydrogen-bond acceptors (Lipinski definition) is 4. The third kappa shape index (κ3) is 1.75. The van der Waals surface area contributed by atoms with Crippen LogP contribution in [0.15, 0.2) is 36.5 Å². The molecular weight excluding hydrogens is 226 g/mol. The number of nitrogens with zero attached hydrogens (tertiary/aromatic N) is 2. The number of H-pyrrole nitrogens is 1. The van der Waals surface area contributed by atoms with Crippen LogP contribution < -0.4 is 11.1 Å². The van der Waals surface area contributed by atoms with E-state index in [0.717, 1.165) is 22.4 Å². The molecule has 0 radical (unpaired) electrons. The maximum atomic E-state index is 5.84. The molecule has 18 heavy (non-hydrogen) atoms. The molecule has 0 amide bonds. The molecule has 0 aliphatic rings. The van der Waals surface area contributed by atoms with Crippen molar-refractivity contribution in [2.45, 2.75) is 6.92 Å². The molecule has 4 N–H and O–H groups in total. The average Bonchev–Trinajstić information content (AvgIpc) is 2.68. The highest BCUT2D eigenvalue weighted by molar-refractivity contribution is 5.93. The van der Waals surface area contributed by atoms with Gasteiger partial charge < -0.3 is 16.0 Å². The number of aromatic nitrogens is 3. The van der Waals surface area contributed by atoms with Crippen molar-refractivity contribution in [3.63, 3.8) is 0 Å². The third-order valence-corrected chi connectivity index (χ3v) is 2.75. The number of aromatic amines is 1. The zero-order valence-corrected chi connectivity index (χ0v) is 9.94. The summed E-state index contributed by atoms with van der Waals surface area (Å²) in [5.74, 6) is 1.96. The second-order valence-electron chi connectivity index (χ2n) is 4.09. The number of pyridine rings is 1. The smallest absolute Gasteiger partial charge is 0.173 e. The molecule has 0 saturated heterocycles. The van der Waals surface area contributed by atoms with Gasteiger partial charge in [-0.2, -0.15) is 0 Å². The number of imidazole rings is 1. The molecule has 0 spiro atoms. The number of nitrogens with two attached hydrogens (primary N) is 1. The summed E-state index contributed by atoms with van der Waals surface area (Å²) in [5.41, 5.74) is 7.72. The van der Waals surface area contributed by atoms with Crippen LogP contribution in [-0.2, 0) is 0 Å². The van der Waals surface area contributed by atoms with Crippen molar-refractivity contribution in [3.05, 3.63) is 42.4 Å². The van der Waals surface area contributed by atoms with Crippen molar-refractivity contribution in [2.24, 2.45) is 0 Å². The van der Waals surface area contributed by atoms with Gasteiger partial charge in [0.25, 0.3) is 0 Å². The van der Waals surface area contributed by atoms with E-state index in [1.54, 1.807) is 6.20 Å². The lowest BCUT2D eigenvalue weighted by Crippen LogP contribution is -1.96. The molecule has 0 atom stereocenters. The fourth-order valence-electron chi connectivity index (χ4n) is 1.95. The molecule has 0 aliphatic heterocycles. The second-order valence-corrected chi connectivity index (χ2v) is 4.09. The van der Waals surface area contributed by atoms with Gasteiger partial charge in [0, 0.05) is 17.3 Å². The second kappa shape index (κ2) is 4.03. The first kappa shape index (κ1) is 10.6. The summed E-state index contributed by atoms with van der Waals surface area (Å²) in [6, 6.07) is 9.83. The maximum Gasteiger partial charge on any atom is 0.173 e. The van der Waals surface area contributed by atoms with Crippen LogP contribution in [0.1, 0.15) is 5.82 Å². The molecule has 0 bridgehead atoms. The Labute approximate surface area is 104 Å². The summed E-state index contributed by atoms with van der Waals surface area (Å²) in [7, 11) is 0. The minimum absolute atomic E-state index is 0.536. The number of nitrogens with one attached hydrogen (secondary N) is 2. The molecule has 0 fully saturated rings. The van der Waals surface area contributed by atoms with E-state index in [1.165, 1.54) is 0 Å². The maximum absolute atomic E-state index is 5.84. The quantitative estimate of drug-likeness (QED) is 0.642. The van der Waals surface area contributed by atoms with Gasteiger partial charge in [0.05, 0.1) is 5.52 Å². The number of hydrogen-bond donors (Lipinski definition) is 3. The van der Waals surface area contributed by atoms with Crippen LogP contribution in [0.2, 0.25) is 0 Å². The van der Waals surface area contributed by atoms with Crippen LogP contribution in [0.3, 0.4) is 0 Å². The average molecular weight is 239 g/mol. The number of benzene rings is 1. The number of aryl methyl sites for hydroxylation is 1. The lowest BCUT2D eigenvalue weighted by Gasteiger charge is -2.07. The van der Waals surface area contributed by atoms with Crippen molar-refractivity contribution < 1.29 is 0 Å². The van der Waals surface area contributed by atoms with Crippen LogP contribution in [0.5, 0.6) is 0 Å². The fraction of sp³-hybridized carbons (Fsp3) is 0.0769. The van der Waals surface area contributed by atoms with Crippen molar-refractivity contribution in [2.75, 3.05) is 11.1 Å². The van der Waals surface area contributed by atoms with Gasteiger partial charge in [-0.1, -0.05) is 6.07 Å². The SMILES string of the molecule is Cc1nc(Nc2cccc3ncccc23)c(N)[nH]1. The number of nitrogen functional groups attached to an aromatic ring is 1. The normalized spacial score (nSPS) is 10.7. The number of fused-ring (bicyclic) bond motifs is 1. The molecule has 2 heterocycles. The predicted molar refractivity (Wildman–Crippen MR) is 72.8 cm³/mol. The summed E-state index contributed by atoms with van der Waals surface area (Å²) in [6.45, 7) is 1.87. The van der Waals surface area contributed by atoms with E-state index in [2.05, 4.69) is 20.3 Å². The Morgan fingerprint density at radius 1 is 1.22 bits per heavy atom. The standard InChI is InChI=1S/C13H13N5/c1-8-16-12(14)13(17-8)18-11-6-2-5-10-9(11)4-3-7-15-10/h2-7,18H,14H2,1H3,(H,16,17). The zero-order valence-electron chi connectivity index (χ0n) is 9.94. The molecule has 1 aromatic carbocycles. The van der Waals surface area contributed by atoms with E-state index in [-0.39, 0.29) is 0 Å². The summed E-state index contributed by atoms with van der Waals surface area (Å²) in [5, 5.41) is 4.27. The monoisotopic (exact) mass is 239 g/mol. The Morgan fingerprint density at radius 2 is 2.11 bits per heavy atom. The minimum Gasteiger partial charge on any atom is -0.382 e. The van der Waals surface area contributed by atoms with Gasteiger partial charge in [-0.05, 0) is 31.2 Å². The molecule has 5 heteroatoms. The predicted octanol–water partition coefficient (Wildman–Crippen LogP) is 2.59. The van der Waals surface area contributed by atoms with Gasteiger partial charge in [-0.3, -0.25) is 4.98 Å². The van der Waals surface area contributed by atoms with Gasteiger partial charge in [-0.15, -0.1) is 0 Å². The summed E-state index contributed by atoms with van der Waals surface area (Å²) < 4.78 is 0. The summed E-state index contributed by atoms with van der Waals surface area (Å²) >= 11 is 0. The van der Waals surface area contributed by atoms with E-state index < -0.39 is 0 Å². The molecule has 5 nitrogen and oxygen atoms in total. The number of rotatable bonds is 2. The Bertz CT molecular complexity index is 696. The summed E-state index contributed by atoms with van der Waals surface area (Å²) in [4.78, 5) is 11.6. The lowest BCUT2D eigenvalue weighted by atomic mass is 10.2. The highest BCUT2D eigenvalue weighted by Crippen LogP contribution is 2.26. The largest absolute Gasteiger partial charge is 0.382 e. The van der Waals surface area contributed by atoms with Crippen LogP contribution in [0, 0.1) is 6.92 Å². The van der Waals surface area contributed by atoms with E-state index in [9.17, 15) is 0 Å². The Morgan fingerprint density at radius 3 is 2.89 bits per heavy atom. The van der Waals surface area contributed by atoms with Crippen molar-refractivity contribution in [1.29, 1.82) is 0 Å². The Hall–Kier alpha value is -2.56. The topological polar surface area (TPSA) is 79.6 Å². The van der Waals surface area contributed by atoms with Crippen molar-refractivity contribution in [1.82, 2.24) is 15.0 Å². The van der Waals surface area contributed by atoms with Crippen LogP contribution >= 0.6 is 0 Å². The molecule has 3 aromatic rings. The fourth-order valence-corrected chi connectivity index (χ4v) is 1.95. The molecule has 0 unspecified atom stereocenters. The molecule has 90 valence electrons. The zero-order chi connectivity index (χ0) is 12.5. The number of anilines is 3. The van der Waals surface area contributed by atoms with E-state index in [0.29, 0.717) is 11.6 Å². The van der Waals surface area contributed by atoms with Gasteiger partial charge in [-0.25, -0.2) is 4.98 Å². The van der Waals surface area contributed by atoms with Gasteiger partial charge in [0.1, 0.15) is 11.6 Å². The Balaban J connectivity index is 2.07. The van der Waals surface area contributed by atoms with Gasteiger partial charge in [0.15, 0.2) is 5.82 Å². The van der Waals surface area contributed by atoms with Gasteiger partial charge >= 0.3 is 0 Å². The minimum atomic E-state index is 0.536. The third-order valence-electron chi connectivity index (χ3n) is 2.75. The van der Waals surface area contributed by atoms with E-state index in [1.807, 2.05) is 37.3 Å². The van der Waals surface area contributed by atoms with Crippen LogP contribution in [0.25, 0.3) is 10.9 Å². The van der Waals surface area contributed by atoms with Crippen molar-refractivity contribution in [3.8, 4) is 0 Å². The van der Waals surface area contributed by atoms with Gasteiger partial charge in [0.2, 0.25) is 0 Å². The Kier molecular flexibility index (Phi) is 2.37. The summed E-state index contributed by atoms with van der Waals surface area (Å²) in [6.07, 6.45) is 1.78. The lowest BCUT2D eigenvalue weighted by molar-refractivity contribution is 1.15. The van der Waals surface area contributed by atoms with Crippen molar-refractivity contribution >= 4 is 28.2 Å². The highest BCUT2D eigenvalue weighted by atomic mass is 15.1. The molecule has 3 rings (SSSR count). The molecular formula is C13H13N5. The first-order valence-corrected chi connectivity index (χ1v) is 5.67.